The van der Waals surface area contributed by atoms with Gasteiger partial charge in [0.25, 0.3) is 0 Å². The summed E-state index contributed by atoms with van der Waals surface area (Å²) >= 11 is 5.82. The molecule has 0 aliphatic heterocycles. The van der Waals surface area contributed by atoms with Gasteiger partial charge in [0, 0.05) is 17.9 Å². The van der Waals surface area contributed by atoms with E-state index in [4.69, 9.17) is 11.6 Å². The standard InChI is InChI=1S/C14H15ClFN3/c1-3-19(13-6-4-5-11(16)8-13)14-17-10(2)7-12(9-15)18-14/h4-8H,3,9H2,1-2H3. The van der Waals surface area contributed by atoms with Crippen molar-refractivity contribution in [2.45, 2.75) is 19.7 Å². The molecule has 5 heteroatoms. The zero-order chi connectivity index (χ0) is 13.8. The molecule has 0 aliphatic rings. The Hall–Kier alpha value is -1.68. The molecule has 0 unspecified atom stereocenters. The van der Waals surface area contributed by atoms with Gasteiger partial charge in [-0.3, -0.25) is 0 Å². The van der Waals surface area contributed by atoms with E-state index in [1.807, 2.05) is 30.9 Å². The van der Waals surface area contributed by atoms with Gasteiger partial charge in [-0.25, -0.2) is 14.4 Å². The fourth-order valence-corrected chi connectivity index (χ4v) is 2.03. The van der Waals surface area contributed by atoms with E-state index in [0.29, 0.717) is 18.4 Å². The summed E-state index contributed by atoms with van der Waals surface area (Å²) in [6.07, 6.45) is 0. The topological polar surface area (TPSA) is 29.0 Å². The Balaban J connectivity index is 2.44. The molecule has 100 valence electrons. The Morgan fingerprint density at radius 2 is 2.05 bits per heavy atom. The number of anilines is 2. The van der Waals surface area contributed by atoms with Crippen molar-refractivity contribution in [2.75, 3.05) is 11.4 Å². The van der Waals surface area contributed by atoms with Gasteiger partial charge >= 0.3 is 0 Å². The molecule has 0 saturated carbocycles. The van der Waals surface area contributed by atoms with Crippen molar-refractivity contribution in [3.63, 3.8) is 0 Å². The van der Waals surface area contributed by atoms with Crippen LogP contribution in [0.15, 0.2) is 30.3 Å². The smallest absolute Gasteiger partial charge is 0.230 e. The number of hydrogen-bond acceptors (Lipinski definition) is 3. The first-order chi connectivity index (χ1) is 9.13. The van der Waals surface area contributed by atoms with Gasteiger partial charge in [-0.15, -0.1) is 11.6 Å². The van der Waals surface area contributed by atoms with Crippen molar-refractivity contribution in [1.82, 2.24) is 9.97 Å². The molecule has 3 nitrogen and oxygen atoms in total. The van der Waals surface area contributed by atoms with Gasteiger partial charge in [0.05, 0.1) is 11.6 Å². The average Bonchev–Trinajstić information content (AvgIpc) is 2.39. The van der Waals surface area contributed by atoms with Crippen LogP contribution in [0.4, 0.5) is 16.0 Å². The molecule has 0 bridgehead atoms. The Labute approximate surface area is 117 Å². The molecule has 1 heterocycles. The van der Waals surface area contributed by atoms with Crippen LogP contribution in [0.1, 0.15) is 18.3 Å². The highest BCUT2D eigenvalue weighted by Crippen LogP contribution is 2.23. The second-order valence-electron chi connectivity index (χ2n) is 4.16. The zero-order valence-electron chi connectivity index (χ0n) is 10.9. The summed E-state index contributed by atoms with van der Waals surface area (Å²) in [5.41, 5.74) is 2.34. The summed E-state index contributed by atoms with van der Waals surface area (Å²) in [5, 5.41) is 0. The molecule has 0 N–H and O–H groups in total. The lowest BCUT2D eigenvalue weighted by molar-refractivity contribution is 0.627. The Bertz CT molecular complexity index is 574. The van der Waals surface area contributed by atoms with E-state index in [9.17, 15) is 4.39 Å². The highest BCUT2D eigenvalue weighted by atomic mass is 35.5. The number of benzene rings is 1. The number of aromatic nitrogens is 2. The molecule has 0 aliphatic carbocycles. The molecule has 19 heavy (non-hydrogen) atoms. The molecule has 2 rings (SSSR count). The summed E-state index contributed by atoms with van der Waals surface area (Å²) in [7, 11) is 0. The second-order valence-corrected chi connectivity index (χ2v) is 4.43. The van der Waals surface area contributed by atoms with Gasteiger partial charge in [0.15, 0.2) is 0 Å². The third-order valence-electron chi connectivity index (χ3n) is 2.71. The van der Waals surface area contributed by atoms with Crippen LogP contribution in [0, 0.1) is 12.7 Å². The number of aryl methyl sites for hydroxylation is 1. The van der Waals surface area contributed by atoms with E-state index in [0.717, 1.165) is 17.1 Å². The minimum Gasteiger partial charge on any atom is -0.311 e. The van der Waals surface area contributed by atoms with E-state index in [-0.39, 0.29) is 5.82 Å². The first-order valence-corrected chi connectivity index (χ1v) is 6.61. The van der Waals surface area contributed by atoms with Crippen molar-refractivity contribution >= 4 is 23.2 Å². The predicted octanol–water partition coefficient (Wildman–Crippen LogP) is 3.82. The van der Waals surface area contributed by atoms with E-state index in [1.165, 1.54) is 12.1 Å². The van der Waals surface area contributed by atoms with Crippen molar-refractivity contribution < 1.29 is 4.39 Å². The molecule has 0 fully saturated rings. The van der Waals surface area contributed by atoms with Crippen LogP contribution in [0.25, 0.3) is 0 Å². The summed E-state index contributed by atoms with van der Waals surface area (Å²) < 4.78 is 13.3. The molecule has 1 aromatic heterocycles. The van der Waals surface area contributed by atoms with Gasteiger partial charge in [-0.1, -0.05) is 6.07 Å². The molecule has 1 aromatic carbocycles. The fraction of sp³-hybridized carbons (Fsp3) is 0.286. The fourth-order valence-electron chi connectivity index (χ4n) is 1.89. The van der Waals surface area contributed by atoms with Crippen LogP contribution in [-0.4, -0.2) is 16.5 Å². The van der Waals surface area contributed by atoms with Gasteiger partial charge in [-0.05, 0) is 38.1 Å². The summed E-state index contributed by atoms with van der Waals surface area (Å²) in [4.78, 5) is 10.6. The minimum absolute atomic E-state index is 0.277. The van der Waals surface area contributed by atoms with Crippen LogP contribution in [0.5, 0.6) is 0 Å². The molecule has 2 aromatic rings. The summed E-state index contributed by atoms with van der Waals surface area (Å²) in [6.45, 7) is 4.51. The first-order valence-electron chi connectivity index (χ1n) is 6.07. The number of halogens is 2. The lowest BCUT2D eigenvalue weighted by atomic mass is 10.3. The second kappa shape index (κ2) is 5.97. The Morgan fingerprint density at radius 3 is 2.68 bits per heavy atom. The molecular weight excluding hydrogens is 265 g/mol. The monoisotopic (exact) mass is 279 g/mol. The maximum Gasteiger partial charge on any atom is 0.230 e. The number of hydrogen-bond donors (Lipinski definition) is 0. The quantitative estimate of drug-likeness (QED) is 0.797. The van der Waals surface area contributed by atoms with Crippen molar-refractivity contribution in [2.24, 2.45) is 0 Å². The summed E-state index contributed by atoms with van der Waals surface area (Å²) in [6, 6.07) is 8.23. The van der Waals surface area contributed by atoms with Gasteiger partial charge in [0.2, 0.25) is 5.95 Å². The molecular formula is C14H15ClFN3. The molecule has 0 atom stereocenters. The largest absolute Gasteiger partial charge is 0.311 e. The van der Waals surface area contributed by atoms with E-state index in [1.54, 1.807) is 6.07 Å². The molecule has 0 amide bonds. The molecule has 0 saturated heterocycles. The molecule has 0 spiro atoms. The van der Waals surface area contributed by atoms with Crippen molar-refractivity contribution in [3.8, 4) is 0 Å². The van der Waals surface area contributed by atoms with E-state index in [2.05, 4.69) is 9.97 Å². The predicted molar refractivity (Wildman–Crippen MR) is 75.4 cm³/mol. The number of alkyl halides is 1. The van der Waals surface area contributed by atoms with Crippen LogP contribution >= 0.6 is 11.6 Å². The lowest BCUT2D eigenvalue weighted by Crippen LogP contribution is -2.19. The number of nitrogens with zero attached hydrogens (tertiary/aromatic N) is 3. The van der Waals surface area contributed by atoms with E-state index < -0.39 is 0 Å². The highest BCUT2D eigenvalue weighted by Gasteiger charge is 2.12. The van der Waals surface area contributed by atoms with Crippen molar-refractivity contribution in [3.05, 3.63) is 47.5 Å². The van der Waals surface area contributed by atoms with Crippen LogP contribution < -0.4 is 4.90 Å². The zero-order valence-corrected chi connectivity index (χ0v) is 11.7. The van der Waals surface area contributed by atoms with Crippen LogP contribution in [0.2, 0.25) is 0 Å². The van der Waals surface area contributed by atoms with Gasteiger partial charge in [0.1, 0.15) is 5.82 Å². The van der Waals surface area contributed by atoms with E-state index >= 15 is 0 Å². The third-order valence-corrected chi connectivity index (χ3v) is 2.98. The third kappa shape index (κ3) is 3.20. The number of rotatable bonds is 4. The first kappa shape index (κ1) is 13.7. The van der Waals surface area contributed by atoms with Gasteiger partial charge < -0.3 is 4.90 Å². The molecule has 0 radical (unpaired) electrons. The Morgan fingerprint density at radius 1 is 1.26 bits per heavy atom. The van der Waals surface area contributed by atoms with Crippen LogP contribution in [-0.2, 0) is 5.88 Å². The highest BCUT2D eigenvalue weighted by molar-refractivity contribution is 6.16. The van der Waals surface area contributed by atoms with Crippen LogP contribution in [0.3, 0.4) is 0 Å². The van der Waals surface area contributed by atoms with Gasteiger partial charge in [-0.2, -0.15) is 0 Å². The maximum atomic E-state index is 13.3. The summed E-state index contributed by atoms with van der Waals surface area (Å²) in [5.74, 6) is 0.599. The Kier molecular flexibility index (Phi) is 4.32. The normalized spacial score (nSPS) is 10.5. The average molecular weight is 280 g/mol. The maximum absolute atomic E-state index is 13.3. The van der Waals surface area contributed by atoms with Crippen molar-refractivity contribution in [1.29, 1.82) is 0 Å². The SMILES string of the molecule is CCN(c1cccc(F)c1)c1nc(C)cc(CCl)n1. The lowest BCUT2D eigenvalue weighted by Gasteiger charge is -2.21. The minimum atomic E-state index is -0.277.